The van der Waals surface area contributed by atoms with Crippen LogP contribution in [0.4, 0.5) is 0 Å². The van der Waals surface area contributed by atoms with Gasteiger partial charge in [0, 0.05) is 17.2 Å². The summed E-state index contributed by atoms with van der Waals surface area (Å²) in [5.41, 5.74) is 1.35. The topological polar surface area (TPSA) is 12.9 Å². The highest BCUT2D eigenvalue weighted by atomic mass is 79.9. The number of rotatable bonds is 5. The van der Waals surface area contributed by atoms with Crippen LogP contribution in [0.1, 0.15) is 31.7 Å². The fourth-order valence-corrected chi connectivity index (χ4v) is 1.60. The third kappa shape index (κ3) is 4.41. The molecule has 0 aliphatic carbocycles. The fraction of sp³-hybridized carbons (Fsp3) is 0.545. The second-order valence-electron chi connectivity index (χ2n) is 3.26. The fourth-order valence-electron chi connectivity index (χ4n) is 1.28. The van der Waals surface area contributed by atoms with Crippen LogP contribution in [0, 0.1) is 0 Å². The van der Waals surface area contributed by atoms with E-state index in [-0.39, 0.29) is 0 Å². The Morgan fingerprint density at radius 1 is 1.54 bits per heavy atom. The Bertz CT molecular complexity index is 223. The van der Waals surface area contributed by atoms with Gasteiger partial charge >= 0.3 is 0 Å². The van der Waals surface area contributed by atoms with Crippen molar-refractivity contribution in [2.45, 2.75) is 37.4 Å². The molecule has 0 aliphatic rings. The number of nitrogens with zero attached hydrogens (tertiary/aromatic N) is 1. The van der Waals surface area contributed by atoms with Crippen molar-refractivity contribution in [3.63, 3.8) is 0 Å². The van der Waals surface area contributed by atoms with Crippen molar-refractivity contribution in [2.75, 3.05) is 0 Å². The predicted octanol–water partition coefficient (Wildman–Crippen LogP) is 3.58. The van der Waals surface area contributed by atoms with Crippen molar-refractivity contribution in [3.8, 4) is 0 Å². The zero-order chi connectivity index (χ0) is 9.52. The lowest BCUT2D eigenvalue weighted by Gasteiger charge is -2.05. The molecule has 1 aromatic heterocycles. The quantitative estimate of drug-likeness (QED) is 0.719. The molecule has 0 fully saturated rings. The Balaban J connectivity index is 2.20. The third-order valence-corrected chi connectivity index (χ3v) is 3.25. The monoisotopic (exact) mass is 241 g/mol. The zero-order valence-corrected chi connectivity index (χ0v) is 9.63. The average Bonchev–Trinajstić information content (AvgIpc) is 2.19. The van der Waals surface area contributed by atoms with E-state index in [1.807, 2.05) is 18.5 Å². The van der Waals surface area contributed by atoms with E-state index in [2.05, 4.69) is 33.9 Å². The average molecular weight is 242 g/mol. The largest absolute Gasteiger partial charge is 0.264 e. The van der Waals surface area contributed by atoms with Gasteiger partial charge in [-0.05, 0) is 37.3 Å². The maximum absolute atomic E-state index is 4.09. The molecule has 2 heteroatoms. The van der Waals surface area contributed by atoms with Crippen LogP contribution in [0.25, 0.3) is 0 Å². The Morgan fingerprint density at radius 2 is 2.38 bits per heavy atom. The third-order valence-electron chi connectivity index (χ3n) is 2.15. The molecule has 0 spiro atoms. The summed E-state index contributed by atoms with van der Waals surface area (Å²) in [5, 5.41) is 0. The molecule has 13 heavy (non-hydrogen) atoms. The lowest BCUT2D eigenvalue weighted by molar-refractivity contribution is 0.689. The highest BCUT2D eigenvalue weighted by Crippen LogP contribution is 2.13. The first kappa shape index (κ1) is 10.7. The zero-order valence-electron chi connectivity index (χ0n) is 8.04. The number of pyridine rings is 1. The normalized spacial score (nSPS) is 12.8. The summed E-state index contributed by atoms with van der Waals surface area (Å²) in [4.78, 5) is 4.78. The van der Waals surface area contributed by atoms with Crippen LogP contribution in [0.15, 0.2) is 24.5 Å². The number of halogens is 1. The molecule has 72 valence electrons. The van der Waals surface area contributed by atoms with Crippen molar-refractivity contribution in [2.24, 2.45) is 0 Å². The van der Waals surface area contributed by atoms with E-state index in [4.69, 9.17) is 0 Å². The van der Waals surface area contributed by atoms with Crippen molar-refractivity contribution in [3.05, 3.63) is 30.1 Å². The lowest BCUT2D eigenvalue weighted by atomic mass is 10.1. The number of aromatic nitrogens is 1. The van der Waals surface area contributed by atoms with Gasteiger partial charge in [0.05, 0.1) is 0 Å². The van der Waals surface area contributed by atoms with E-state index in [0.29, 0.717) is 4.83 Å². The summed E-state index contributed by atoms with van der Waals surface area (Å²) in [7, 11) is 0. The van der Waals surface area contributed by atoms with Gasteiger partial charge in [0.15, 0.2) is 0 Å². The van der Waals surface area contributed by atoms with Gasteiger partial charge in [0.2, 0.25) is 0 Å². The van der Waals surface area contributed by atoms with Gasteiger partial charge in [-0.25, -0.2) is 0 Å². The molecule has 0 N–H and O–H groups in total. The van der Waals surface area contributed by atoms with E-state index >= 15 is 0 Å². The standard InChI is InChI=1S/C11H16BrN/c1-2-11(12)7-3-5-10-6-4-8-13-9-10/h4,6,8-9,11H,2-3,5,7H2,1H3. The summed E-state index contributed by atoms with van der Waals surface area (Å²) in [6.07, 6.45) is 8.64. The second kappa shape index (κ2) is 6.14. The van der Waals surface area contributed by atoms with Crippen LogP contribution >= 0.6 is 15.9 Å². The number of hydrogen-bond donors (Lipinski definition) is 0. The van der Waals surface area contributed by atoms with Crippen molar-refractivity contribution in [1.29, 1.82) is 0 Å². The molecule has 0 amide bonds. The van der Waals surface area contributed by atoms with Crippen LogP contribution in [0.2, 0.25) is 0 Å². The van der Waals surface area contributed by atoms with E-state index < -0.39 is 0 Å². The summed E-state index contributed by atoms with van der Waals surface area (Å²) in [5.74, 6) is 0. The van der Waals surface area contributed by atoms with Crippen LogP contribution in [0.5, 0.6) is 0 Å². The minimum absolute atomic E-state index is 0.684. The first-order valence-electron chi connectivity index (χ1n) is 4.86. The molecule has 0 saturated heterocycles. The van der Waals surface area contributed by atoms with Gasteiger partial charge in [-0.15, -0.1) is 0 Å². The molecule has 1 rings (SSSR count). The van der Waals surface area contributed by atoms with Crippen molar-refractivity contribution in [1.82, 2.24) is 4.98 Å². The van der Waals surface area contributed by atoms with Crippen molar-refractivity contribution < 1.29 is 0 Å². The molecule has 1 unspecified atom stereocenters. The Kier molecular flexibility index (Phi) is 5.06. The van der Waals surface area contributed by atoms with Crippen LogP contribution in [-0.4, -0.2) is 9.81 Å². The lowest BCUT2D eigenvalue weighted by Crippen LogP contribution is -1.96. The van der Waals surface area contributed by atoms with Gasteiger partial charge < -0.3 is 0 Å². The maximum atomic E-state index is 4.09. The maximum Gasteiger partial charge on any atom is 0.0299 e. The predicted molar refractivity (Wildman–Crippen MR) is 60.2 cm³/mol. The SMILES string of the molecule is CCC(Br)CCCc1cccnc1. The van der Waals surface area contributed by atoms with Gasteiger partial charge in [0.25, 0.3) is 0 Å². The summed E-state index contributed by atoms with van der Waals surface area (Å²) in [6, 6.07) is 4.14. The molecule has 1 nitrogen and oxygen atoms in total. The van der Waals surface area contributed by atoms with Gasteiger partial charge in [0.1, 0.15) is 0 Å². The summed E-state index contributed by atoms with van der Waals surface area (Å²) < 4.78 is 0. The molecular formula is C11H16BrN. The number of hydrogen-bond acceptors (Lipinski definition) is 1. The van der Waals surface area contributed by atoms with E-state index in [1.165, 1.54) is 24.8 Å². The number of aryl methyl sites for hydroxylation is 1. The van der Waals surface area contributed by atoms with Crippen LogP contribution in [-0.2, 0) is 6.42 Å². The van der Waals surface area contributed by atoms with E-state index in [1.54, 1.807) is 0 Å². The minimum atomic E-state index is 0.684. The first-order valence-corrected chi connectivity index (χ1v) is 5.77. The molecule has 1 heterocycles. The molecule has 0 saturated carbocycles. The molecule has 1 aromatic rings. The van der Waals surface area contributed by atoms with Gasteiger partial charge in [-0.3, -0.25) is 4.98 Å². The highest BCUT2D eigenvalue weighted by Gasteiger charge is 2.00. The van der Waals surface area contributed by atoms with Crippen LogP contribution in [0.3, 0.4) is 0 Å². The molecule has 0 bridgehead atoms. The Morgan fingerprint density at radius 3 is 3.00 bits per heavy atom. The Hall–Kier alpha value is -0.370. The number of alkyl halides is 1. The first-order chi connectivity index (χ1) is 6.33. The van der Waals surface area contributed by atoms with E-state index in [0.717, 1.165) is 6.42 Å². The molecule has 0 radical (unpaired) electrons. The molecule has 1 atom stereocenters. The summed E-state index contributed by atoms with van der Waals surface area (Å²) in [6.45, 7) is 2.21. The molecule has 0 aromatic carbocycles. The van der Waals surface area contributed by atoms with E-state index in [9.17, 15) is 0 Å². The Labute approximate surface area is 88.7 Å². The minimum Gasteiger partial charge on any atom is -0.264 e. The summed E-state index contributed by atoms with van der Waals surface area (Å²) >= 11 is 3.63. The highest BCUT2D eigenvalue weighted by molar-refractivity contribution is 9.09. The second-order valence-corrected chi connectivity index (χ2v) is 4.55. The molecular weight excluding hydrogens is 226 g/mol. The van der Waals surface area contributed by atoms with Crippen LogP contribution < -0.4 is 0 Å². The van der Waals surface area contributed by atoms with Gasteiger partial charge in [-0.2, -0.15) is 0 Å². The smallest absolute Gasteiger partial charge is 0.0299 e. The van der Waals surface area contributed by atoms with Gasteiger partial charge in [-0.1, -0.05) is 28.9 Å². The van der Waals surface area contributed by atoms with Crippen molar-refractivity contribution >= 4 is 15.9 Å². The molecule has 0 aliphatic heterocycles.